The summed E-state index contributed by atoms with van der Waals surface area (Å²) < 4.78 is 5.53. The minimum Gasteiger partial charge on any atom is -0.481 e. The number of H-pyrrole nitrogens is 1. The number of ether oxygens (including phenoxy) is 1. The molecule has 0 saturated heterocycles. The summed E-state index contributed by atoms with van der Waals surface area (Å²) in [6, 6.07) is 6.88. The van der Waals surface area contributed by atoms with Gasteiger partial charge >= 0.3 is 6.03 Å². The van der Waals surface area contributed by atoms with Gasteiger partial charge in [-0.25, -0.2) is 4.79 Å². The molecule has 0 aliphatic heterocycles. The van der Waals surface area contributed by atoms with E-state index < -0.39 is 18.0 Å². The van der Waals surface area contributed by atoms with Crippen LogP contribution in [0.2, 0.25) is 0 Å². The molecule has 0 spiro atoms. The molecule has 106 valence electrons. The lowest BCUT2D eigenvalue weighted by molar-refractivity contribution is -0.126. The molecule has 3 N–H and O–H groups in total. The fourth-order valence-corrected chi connectivity index (χ4v) is 1.78. The molecule has 0 saturated carbocycles. The third-order valence-corrected chi connectivity index (χ3v) is 2.78. The lowest BCUT2D eigenvalue weighted by Crippen LogP contribution is -2.45. The van der Waals surface area contributed by atoms with Gasteiger partial charge < -0.3 is 15.0 Å². The van der Waals surface area contributed by atoms with Crippen LogP contribution in [0.3, 0.4) is 0 Å². The van der Waals surface area contributed by atoms with Crippen LogP contribution >= 0.6 is 0 Å². The Morgan fingerprint density at radius 3 is 2.90 bits per heavy atom. The monoisotopic (exact) mass is 275 g/mol. The molecule has 0 bridgehead atoms. The standard InChI is InChI=1S/C14H17N3O3/c1-3-15-14(19)17-13(18)9(2)20-11-4-5-12-10(8-11)6-7-16-12/h4-9,16H,3H2,1-2H3,(H2,15,17,18,19). The van der Waals surface area contributed by atoms with Gasteiger partial charge in [0.05, 0.1) is 0 Å². The average Bonchev–Trinajstić information content (AvgIpc) is 2.86. The van der Waals surface area contributed by atoms with E-state index in [1.807, 2.05) is 24.4 Å². The van der Waals surface area contributed by atoms with E-state index in [1.54, 1.807) is 19.9 Å². The first-order chi connectivity index (χ1) is 9.60. The van der Waals surface area contributed by atoms with Crippen LogP contribution in [0.5, 0.6) is 5.75 Å². The molecule has 1 heterocycles. The van der Waals surface area contributed by atoms with Crippen LogP contribution in [0, 0.1) is 0 Å². The lowest BCUT2D eigenvalue weighted by atomic mass is 10.2. The minimum atomic E-state index is -0.756. The molecular formula is C14H17N3O3. The molecule has 1 aromatic heterocycles. The Labute approximate surface area is 116 Å². The summed E-state index contributed by atoms with van der Waals surface area (Å²) in [5, 5.41) is 5.70. The zero-order chi connectivity index (χ0) is 14.5. The summed E-state index contributed by atoms with van der Waals surface area (Å²) in [5.41, 5.74) is 0.997. The van der Waals surface area contributed by atoms with Gasteiger partial charge in [-0.3, -0.25) is 10.1 Å². The molecule has 20 heavy (non-hydrogen) atoms. The predicted molar refractivity (Wildman–Crippen MR) is 75.6 cm³/mol. The van der Waals surface area contributed by atoms with Crippen molar-refractivity contribution in [3.05, 3.63) is 30.5 Å². The van der Waals surface area contributed by atoms with Gasteiger partial charge in [0.1, 0.15) is 5.75 Å². The van der Waals surface area contributed by atoms with Crippen LogP contribution in [0.1, 0.15) is 13.8 Å². The number of amides is 3. The Bertz CT molecular complexity index is 621. The van der Waals surface area contributed by atoms with Crippen LogP contribution in [-0.2, 0) is 4.79 Å². The number of aromatic nitrogens is 1. The quantitative estimate of drug-likeness (QED) is 0.795. The maximum absolute atomic E-state index is 11.7. The molecule has 2 aromatic rings. The fraction of sp³-hybridized carbons (Fsp3) is 0.286. The highest BCUT2D eigenvalue weighted by Gasteiger charge is 2.17. The zero-order valence-corrected chi connectivity index (χ0v) is 11.4. The molecule has 6 nitrogen and oxygen atoms in total. The van der Waals surface area contributed by atoms with Crippen molar-refractivity contribution in [3.63, 3.8) is 0 Å². The largest absolute Gasteiger partial charge is 0.481 e. The van der Waals surface area contributed by atoms with Gasteiger partial charge in [-0.05, 0) is 38.1 Å². The first-order valence-electron chi connectivity index (χ1n) is 6.42. The summed E-state index contributed by atoms with van der Waals surface area (Å²) >= 11 is 0. The number of nitrogens with one attached hydrogen (secondary N) is 3. The van der Waals surface area contributed by atoms with E-state index in [-0.39, 0.29) is 0 Å². The van der Waals surface area contributed by atoms with E-state index >= 15 is 0 Å². The van der Waals surface area contributed by atoms with Gasteiger partial charge in [0.25, 0.3) is 5.91 Å². The van der Waals surface area contributed by atoms with E-state index in [2.05, 4.69) is 15.6 Å². The highest BCUT2D eigenvalue weighted by Crippen LogP contribution is 2.20. The van der Waals surface area contributed by atoms with Crippen molar-refractivity contribution in [1.29, 1.82) is 0 Å². The Balaban J connectivity index is 1.97. The van der Waals surface area contributed by atoms with Crippen molar-refractivity contribution < 1.29 is 14.3 Å². The molecule has 1 atom stereocenters. The van der Waals surface area contributed by atoms with E-state index in [0.717, 1.165) is 10.9 Å². The topological polar surface area (TPSA) is 83.2 Å². The number of hydrogen-bond donors (Lipinski definition) is 3. The summed E-state index contributed by atoms with van der Waals surface area (Å²) in [4.78, 5) is 26.1. The highest BCUT2D eigenvalue weighted by molar-refractivity contribution is 5.96. The van der Waals surface area contributed by atoms with E-state index in [1.165, 1.54) is 0 Å². The molecule has 0 aliphatic rings. The van der Waals surface area contributed by atoms with Gasteiger partial charge in [-0.15, -0.1) is 0 Å². The van der Waals surface area contributed by atoms with Gasteiger partial charge in [-0.2, -0.15) is 0 Å². The van der Waals surface area contributed by atoms with Crippen LogP contribution in [-0.4, -0.2) is 29.6 Å². The van der Waals surface area contributed by atoms with Crippen molar-refractivity contribution in [1.82, 2.24) is 15.6 Å². The second-order valence-electron chi connectivity index (χ2n) is 4.34. The van der Waals surface area contributed by atoms with Gasteiger partial charge in [-0.1, -0.05) is 0 Å². The third kappa shape index (κ3) is 3.28. The first kappa shape index (κ1) is 13.9. The maximum atomic E-state index is 11.7. The van der Waals surface area contributed by atoms with Crippen LogP contribution in [0.4, 0.5) is 4.79 Å². The molecule has 0 radical (unpaired) electrons. The molecule has 0 aliphatic carbocycles. The summed E-state index contributed by atoms with van der Waals surface area (Å²) in [5.74, 6) is 0.0979. The lowest BCUT2D eigenvalue weighted by Gasteiger charge is -2.14. The number of aromatic amines is 1. The number of benzene rings is 1. The maximum Gasteiger partial charge on any atom is 0.321 e. The second kappa shape index (κ2) is 6.10. The normalized spacial score (nSPS) is 11.9. The zero-order valence-electron chi connectivity index (χ0n) is 11.4. The summed E-state index contributed by atoms with van der Waals surface area (Å²) in [7, 11) is 0. The smallest absolute Gasteiger partial charge is 0.321 e. The minimum absolute atomic E-state index is 0.457. The Hall–Kier alpha value is -2.50. The molecule has 1 unspecified atom stereocenters. The van der Waals surface area contributed by atoms with E-state index in [9.17, 15) is 9.59 Å². The summed E-state index contributed by atoms with van der Waals surface area (Å²) in [6.07, 6.45) is 1.08. The third-order valence-electron chi connectivity index (χ3n) is 2.78. The van der Waals surface area contributed by atoms with Crippen molar-refractivity contribution in [2.24, 2.45) is 0 Å². The average molecular weight is 275 g/mol. The number of hydrogen-bond acceptors (Lipinski definition) is 3. The molecular weight excluding hydrogens is 258 g/mol. The van der Waals surface area contributed by atoms with Crippen molar-refractivity contribution >= 4 is 22.8 Å². The van der Waals surface area contributed by atoms with Crippen LogP contribution in [0.25, 0.3) is 10.9 Å². The number of carbonyl (C=O) groups is 2. The fourth-order valence-electron chi connectivity index (χ4n) is 1.78. The second-order valence-corrected chi connectivity index (χ2v) is 4.34. The molecule has 1 aromatic carbocycles. The highest BCUT2D eigenvalue weighted by atomic mass is 16.5. The number of rotatable bonds is 4. The predicted octanol–water partition coefficient (Wildman–Crippen LogP) is 1.78. The van der Waals surface area contributed by atoms with Crippen molar-refractivity contribution in [2.75, 3.05) is 6.54 Å². The Kier molecular flexibility index (Phi) is 4.24. The van der Waals surface area contributed by atoms with Gasteiger partial charge in [0, 0.05) is 23.6 Å². The van der Waals surface area contributed by atoms with Crippen LogP contribution in [0.15, 0.2) is 30.5 Å². The van der Waals surface area contributed by atoms with Gasteiger partial charge in [0.2, 0.25) is 0 Å². The first-order valence-corrected chi connectivity index (χ1v) is 6.42. The molecule has 6 heteroatoms. The Morgan fingerprint density at radius 1 is 1.35 bits per heavy atom. The number of imide groups is 1. The Morgan fingerprint density at radius 2 is 2.15 bits per heavy atom. The number of urea groups is 1. The van der Waals surface area contributed by atoms with Crippen molar-refractivity contribution in [3.8, 4) is 5.75 Å². The SMILES string of the molecule is CCNC(=O)NC(=O)C(C)Oc1ccc2[nH]ccc2c1. The van der Waals surface area contributed by atoms with Crippen molar-refractivity contribution in [2.45, 2.75) is 20.0 Å². The number of fused-ring (bicyclic) bond motifs is 1. The number of carbonyl (C=O) groups excluding carboxylic acids is 2. The van der Waals surface area contributed by atoms with E-state index in [4.69, 9.17) is 4.74 Å². The van der Waals surface area contributed by atoms with E-state index in [0.29, 0.717) is 12.3 Å². The molecule has 3 amide bonds. The molecule has 0 fully saturated rings. The van der Waals surface area contributed by atoms with Gasteiger partial charge in [0.15, 0.2) is 6.10 Å². The summed E-state index contributed by atoms with van der Waals surface area (Å²) in [6.45, 7) is 3.82. The molecule has 2 rings (SSSR count). The van der Waals surface area contributed by atoms with Crippen LogP contribution < -0.4 is 15.4 Å².